The molecule has 4 aromatic rings. The average molecular weight is 521 g/mol. The summed E-state index contributed by atoms with van der Waals surface area (Å²) in [6.07, 6.45) is 4.98. The van der Waals surface area contributed by atoms with Crippen LogP contribution in [-0.2, 0) is 23.6 Å². The molecule has 0 aliphatic carbocycles. The number of benzene rings is 2. The molecular weight excluding hydrogens is 488 g/mol. The van der Waals surface area contributed by atoms with Gasteiger partial charge in [0.25, 0.3) is 10.0 Å². The monoisotopic (exact) mass is 520 g/mol. The van der Waals surface area contributed by atoms with Crippen molar-refractivity contribution in [2.45, 2.75) is 45.1 Å². The number of anilines is 1. The first-order chi connectivity index (χ1) is 17.7. The summed E-state index contributed by atoms with van der Waals surface area (Å²) in [6, 6.07) is 15.4. The first kappa shape index (κ1) is 26.3. The fraction of sp³-hybridized carbons (Fsp3) is 0.296. The maximum Gasteiger partial charge on any atom is 0.267 e. The summed E-state index contributed by atoms with van der Waals surface area (Å²) in [6.45, 7) is 7.90. The van der Waals surface area contributed by atoms with Crippen molar-refractivity contribution in [3.8, 4) is 22.9 Å². The van der Waals surface area contributed by atoms with E-state index < -0.39 is 10.0 Å². The number of hydrogen-bond donors (Lipinski definition) is 2. The lowest BCUT2D eigenvalue weighted by atomic mass is 10.00. The van der Waals surface area contributed by atoms with E-state index in [-0.39, 0.29) is 16.7 Å². The minimum atomic E-state index is -3.94. The third kappa shape index (κ3) is 6.72. The van der Waals surface area contributed by atoms with E-state index in [1.54, 1.807) is 13.1 Å². The van der Waals surface area contributed by atoms with Gasteiger partial charge in [-0.2, -0.15) is 10.1 Å². The Morgan fingerprint density at radius 3 is 2.41 bits per heavy atom. The van der Waals surface area contributed by atoms with Gasteiger partial charge in [0.05, 0.1) is 11.9 Å². The SMILES string of the molecule is CCCCNCc1ccc(Oc2cc(-c3c(C)cccc3C)nc(NS(=O)(=O)c3cnn(C)c3)n2)cc1. The molecule has 9 nitrogen and oxygen atoms in total. The molecule has 0 fully saturated rings. The highest BCUT2D eigenvalue weighted by Crippen LogP contribution is 2.31. The van der Waals surface area contributed by atoms with Gasteiger partial charge in [0.15, 0.2) is 0 Å². The molecule has 0 atom stereocenters. The first-order valence-electron chi connectivity index (χ1n) is 12.2. The Kier molecular flexibility index (Phi) is 8.20. The van der Waals surface area contributed by atoms with Gasteiger partial charge in [-0.1, -0.05) is 43.7 Å². The van der Waals surface area contributed by atoms with Gasteiger partial charge in [0.2, 0.25) is 11.8 Å². The third-order valence-corrected chi connectivity index (χ3v) is 7.12. The molecule has 0 saturated heterocycles. The molecule has 0 bridgehead atoms. The standard InChI is InChI=1S/C27H32N6O3S/c1-5-6-14-28-16-21-10-12-22(13-11-21)36-25-15-24(26-19(2)8-7-9-20(26)3)30-27(31-25)32-37(34,35)23-17-29-33(4)18-23/h7-13,15,17-18,28H,5-6,14,16H2,1-4H3,(H,30,31,32). The summed E-state index contributed by atoms with van der Waals surface area (Å²) < 4.78 is 35.8. The van der Waals surface area contributed by atoms with Crippen LogP contribution in [0.25, 0.3) is 11.3 Å². The van der Waals surface area contributed by atoms with Crippen LogP contribution in [0.1, 0.15) is 36.5 Å². The van der Waals surface area contributed by atoms with Crippen molar-refractivity contribution >= 4 is 16.0 Å². The molecule has 10 heteroatoms. The number of nitrogens with one attached hydrogen (secondary N) is 2. The third-order valence-electron chi connectivity index (χ3n) is 5.84. The van der Waals surface area contributed by atoms with Gasteiger partial charge in [-0.15, -0.1) is 0 Å². The van der Waals surface area contributed by atoms with Crippen LogP contribution in [0.4, 0.5) is 5.95 Å². The van der Waals surface area contributed by atoms with Crippen LogP contribution < -0.4 is 14.8 Å². The Labute approximate surface area is 218 Å². The van der Waals surface area contributed by atoms with Crippen molar-refractivity contribution < 1.29 is 13.2 Å². The molecule has 2 heterocycles. The lowest BCUT2D eigenvalue weighted by Gasteiger charge is -2.14. The summed E-state index contributed by atoms with van der Waals surface area (Å²) >= 11 is 0. The molecule has 4 rings (SSSR count). The topological polar surface area (TPSA) is 111 Å². The maximum atomic E-state index is 12.9. The average Bonchev–Trinajstić information content (AvgIpc) is 3.30. The van der Waals surface area contributed by atoms with Gasteiger partial charge in [0, 0.05) is 31.4 Å². The largest absolute Gasteiger partial charge is 0.439 e. The first-order valence-corrected chi connectivity index (χ1v) is 13.7. The second kappa shape index (κ2) is 11.5. The molecular formula is C27H32N6O3S. The Hall–Kier alpha value is -3.76. The van der Waals surface area contributed by atoms with Crippen molar-refractivity contribution in [3.05, 3.63) is 77.6 Å². The Balaban J connectivity index is 1.64. The molecule has 0 unspecified atom stereocenters. The summed E-state index contributed by atoms with van der Waals surface area (Å²) in [5, 5.41) is 7.37. The fourth-order valence-corrected chi connectivity index (χ4v) is 4.84. The number of ether oxygens (including phenoxy) is 1. The van der Waals surface area contributed by atoms with Crippen LogP contribution in [0.15, 0.2) is 65.8 Å². The maximum absolute atomic E-state index is 12.9. The van der Waals surface area contributed by atoms with Gasteiger partial charge >= 0.3 is 0 Å². The molecule has 37 heavy (non-hydrogen) atoms. The normalized spacial score (nSPS) is 11.5. The second-order valence-electron chi connectivity index (χ2n) is 8.91. The van der Waals surface area contributed by atoms with Gasteiger partial charge in [-0.3, -0.25) is 4.68 Å². The highest BCUT2D eigenvalue weighted by atomic mass is 32.2. The van der Waals surface area contributed by atoms with Crippen LogP contribution in [0.2, 0.25) is 0 Å². The summed E-state index contributed by atoms with van der Waals surface area (Å²) in [5.41, 5.74) is 4.61. The minimum Gasteiger partial charge on any atom is -0.439 e. The van der Waals surface area contributed by atoms with Crippen LogP contribution in [-0.4, -0.2) is 34.7 Å². The van der Waals surface area contributed by atoms with Gasteiger partial charge in [-0.05, 0) is 55.6 Å². The molecule has 0 radical (unpaired) electrons. The van der Waals surface area contributed by atoms with Crippen LogP contribution in [0.5, 0.6) is 11.6 Å². The Morgan fingerprint density at radius 2 is 1.76 bits per heavy atom. The van der Waals surface area contributed by atoms with Crippen molar-refractivity contribution in [2.75, 3.05) is 11.3 Å². The van der Waals surface area contributed by atoms with Gasteiger partial charge < -0.3 is 10.1 Å². The number of aryl methyl sites for hydroxylation is 3. The van der Waals surface area contributed by atoms with E-state index in [1.165, 1.54) is 17.1 Å². The summed E-state index contributed by atoms with van der Waals surface area (Å²) in [4.78, 5) is 8.91. The molecule has 0 saturated carbocycles. The number of rotatable bonds is 11. The van der Waals surface area contributed by atoms with Crippen molar-refractivity contribution in [3.63, 3.8) is 0 Å². The predicted molar refractivity (Wildman–Crippen MR) is 144 cm³/mol. The quantitative estimate of drug-likeness (QED) is 0.268. The van der Waals surface area contributed by atoms with E-state index >= 15 is 0 Å². The Bertz CT molecular complexity index is 1450. The van der Waals surface area contributed by atoms with Crippen molar-refractivity contribution in [1.29, 1.82) is 0 Å². The molecule has 0 aliphatic heterocycles. The smallest absolute Gasteiger partial charge is 0.267 e. The van der Waals surface area contributed by atoms with Crippen molar-refractivity contribution in [2.24, 2.45) is 7.05 Å². The molecule has 0 spiro atoms. The number of nitrogens with zero attached hydrogens (tertiary/aromatic N) is 4. The van der Waals surface area contributed by atoms with E-state index in [4.69, 9.17) is 4.74 Å². The van der Waals surface area contributed by atoms with E-state index in [9.17, 15) is 8.42 Å². The molecule has 2 aromatic carbocycles. The zero-order chi connectivity index (χ0) is 26.4. The van der Waals surface area contributed by atoms with Crippen molar-refractivity contribution in [1.82, 2.24) is 25.1 Å². The van der Waals surface area contributed by atoms with E-state index in [1.807, 2.05) is 56.3 Å². The van der Waals surface area contributed by atoms with E-state index in [0.717, 1.165) is 48.2 Å². The molecule has 194 valence electrons. The predicted octanol–water partition coefficient (Wildman–Crippen LogP) is 4.98. The lowest BCUT2D eigenvalue weighted by Crippen LogP contribution is -2.15. The second-order valence-corrected chi connectivity index (χ2v) is 10.6. The number of aromatic nitrogens is 4. The van der Waals surface area contributed by atoms with Crippen LogP contribution in [0.3, 0.4) is 0 Å². The summed E-state index contributed by atoms with van der Waals surface area (Å²) in [7, 11) is -2.29. The number of unbranched alkanes of at least 4 members (excludes halogenated alkanes) is 1. The molecule has 2 N–H and O–H groups in total. The highest BCUT2D eigenvalue weighted by Gasteiger charge is 2.20. The van der Waals surface area contributed by atoms with Crippen LogP contribution in [0, 0.1) is 13.8 Å². The molecule has 2 aromatic heterocycles. The highest BCUT2D eigenvalue weighted by molar-refractivity contribution is 7.92. The molecule has 0 amide bonds. The zero-order valence-electron chi connectivity index (χ0n) is 21.5. The lowest BCUT2D eigenvalue weighted by molar-refractivity contribution is 0.462. The van der Waals surface area contributed by atoms with Gasteiger partial charge in [0.1, 0.15) is 10.6 Å². The summed E-state index contributed by atoms with van der Waals surface area (Å²) in [5.74, 6) is 0.727. The zero-order valence-corrected chi connectivity index (χ0v) is 22.3. The van der Waals surface area contributed by atoms with E-state index in [0.29, 0.717) is 11.4 Å². The van der Waals surface area contributed by atoms with E-state index in [2.05, 4.69) is 32.0 Å². The number of hydrogen-bond acceptors (Lipinski definition) is 7. The molecule has 0 aliphatic rings. The fourth-order valence-electron chi connectivity index (χ4n) is 3.92. The van der Waals surface area contributed by atoms with Gasteiger partial charge in [-0.25, -0.2) is 18.1 Å². The minimum absolute atomic E-state index is 0.0154. The van der Waals surface area contributed by atoms with Crippen LogP contribution >= 0.6 is 0 Å². The Morgan fingerprint density at radius 1 is 1.03 bits per heavy atom. The number of sulfonamides is 1.